The Hall–Kier alpha value is -4.17. The molecule has 3 aromatic rings. The standard InChI is InChI=1S/C24H19ClFN3O4/c1-33-22-12-16(14-27-29-23(31)17-8-10-21(30)18(25)13-17)7-9-20(22)28-24(32)19(26)11-15-5-3-2-4-6-15/h2-14,30H,1H3,(H,28,32)(H,29,31)/b19-11-,27-14+. The zero-order valence-corrected chi connectivity index (χ0v) is 18.1. The number of nitrogens with zero attached hydrogens (tertiary/aromatic N) is 1. The van der Waals surface area contributed by atoms with Crippen LogP contribution in [0.15, 0.2) is 77.7 Å². The van der Waals surface area contributed by atoms with E-state index >= 15 is 0 Å². The first-order chi connectivity index (χ1) is 15.9. The van der Waals surface area contributed by atoms with Gasteiger partial charge in [0.1, 0.15) is 11.5 Å². The minimum absolute atomic E-state index is 0.0454. The van der Waals surface area contributed by atoms with Crippen molar-refractivity contribution in [3.8, 4) is 11.5 Å². The van der Waals surface area contributed by atoms with E-state index in [0.717, 1.165) is 6.08 Å². The SMILES string of the molecule is COc1cc(/C=N/NC(=O)c2ccc(O)c(Cl)c2)ccc1NC(=O)/C(F)=C/c1ccccc1. The minimum Gasteiger partial charge on any atom is -0.506 e. The summed E-state index contributed by atoms with van der Waals surface area (Å²) in [5.74, 6) is -2.25. The summed E-state index contributed by atoms with van der Waals surface area (Å²) in [6.07, 6.45) is 2.50. The van der Waals surface area contributed by atoms with E-state index in [2.05, 4.69) is 15.8 Å². The molecule has 0 unspecified atom stereocenters. The van der Waals surface area contributed by atoms with Gasteiger partial charge in [-0.1, -0.05) is 48.0 Å². The molecule has 0 saturated heterocycles. The summed E-state index contributed by atoms with van der Waals surface area (Å²) >= 11 is 5.79. The number of phenols is 1. The third-order valence-corrected chi connectivity index (χ3v) is 4.68. The number of halogens is 2. The molecule has 0 aliphatic rings. The Balaban J connectivity index is 1.66. The molecule has 0 fully saturated rings. The molecule has 0 radical (unpaired) electrons. The van der Waals surface area contributed by atoms with Crippen LogP contribution < -0.4 is 15.5 Å². The van der Waals surface area contributed by atoms with Gasteiger partial charge in [-0.05, 0) is 47.5 Å². The molecule has 7 nitrogen and oxygen atoms in total. The molecule has 168 valence electrons. The Kier molecular flexibility index (Phi) is 7.77. The maximum Gasteiger partial charge on any atom is 0.284 e. The molecule has 3 aromatic carbocycles. The van der Waals surface area contributed by atoms with Crippen LogP contribution >= 0.6 is 11.6 Å². The first-order valence-electron chi connectivity index (χ1n) is 9.61. The molecular weight excluding hydrogens is 449 g/mol. The number of methoxy groups -OCH3 is 1. The smallest absolute Gasteiger partial charge is 0.284 e. The van der Waals surface area contributed by atoms with Crippen molar-refractivity contribution in [2.45, 2.75) is 0 Å². The zero-order chi connectivity index (χ0) is 23.8. The number of nitrogens with one attached hydrogen (secondary N) is 2. The number of aromatic hydroxyl groups is 1. The van der Waals surface area contributed by atoms with E-state index in [1.807, 2.05) is 0 Å². The second-order valence-corrected chi connectivity index (χ2v) is 7.09. The molecule has 3 N–H and O–H groups in total. The molecule has 0 aliphatic carbocycles. The molecular formula is C24H19ClFN3O4. The van der Waals surface area contributed by atoms with Crippen molar-refractivity contribution in [3.05, 3.63) is 94.3 Å². The largest absolute Gasteiger partial charge is 0.506 e. The van der Waals surface area contributed by atoms with Crippen molar-refractivity contribution >= 4 is 41.4 Å². The third-order valence-electron chi connectivity index (χ3n) is 4.37. The van der Waals surface area contributed by atoms with Crippen molar-refractivity contribution in [2.24, 2.45) is 5.10 Å². The van der Waals surface area contributed by atoms with Gasteiger partial charge in [0.05, 0.1) is 24.0 Å². The number of anilines is 1. The number of ether oxygens (including phenoxy) is 1. The molecule has 0 saturated carbocycles. The second-order valence-electron chi connectivity index (χ2n) is 6.68. The molecule has 0 spiro atoms. The van der Waals surface area contributed by atoms with Gasteiger partial charge >= 0.3 is 0 Å². The molecule has 0 aliphatic heterocycles. The van der Waals surface area contributed by atoms with E-state index in [-0.39, 0.29) is 27.8 Å². The van der Waals surface area contributed by atoms with Gasteiger partial charge in [0.25, 0.3) is 11.8 Å². The van der Waals surface area contributed by atoms with Crippen LogP contribution in [-0.2, 0) is 4.79 Å². The van der Waals surface area contributed by atoms with Crippen LogP contribution in [0.4, 0.5) is 10.1 Å². The summed E-state index contributed by atoms with van der Waals surface area (Å²) in [5.41, 5.74) is 3.93. The van der Waals surface area contributed by atoms with E-state index in [0.29, 0.717) is 11.1 Å². The van der Waals surface area contributed by atoms with E-state index in [4.69, 9.17) is 16.3 Å². The summed E-state index contributed by atoms with van der Waals surface area (Å²) < 4.78 is 19.5. The zero-order valence-electron chi connectivity index (χ0n) is 17.4. The van der Waals surface area contributed by atoms with E-state index in [1.165, 1.54) is 37.6 Å². The number of amides is 2. The lowest BCUT2D eigenvalue weighted by Gasteiger charge is -2.10. The lowest BCUT2D eigenvalue weighted by molar-refractivity contribution is -0.114. The van der Waals surface area contributed by atoms with Crippen LogP contribution in [0.25, 0.3) is 6.08 Å². The van der Waals surface area contributed by atoms with E-state index in [9.17, 15) is 19.1 Å². The Bertz CT molecular complexity index is 1230. The van der Waals surface area contributed by atoms with Crippen LogP contribution in [0, 0.1) is 0 Å². The fraction of sp³-hybridized carbons (Fsp3) is 0.0417. The number of carbonyl (C=O) groups is 2. The van der Waals surface area contributed by atoms with Crippen molar-refractivity contribution in [1.29, 1.82) is 0 Å². The minimum atomic E-state index is -0.953. The highest BCUT2D eigenvalue weighted by atomic mass is 35.5. The number of hydrogen-bond donors (Lipinski definition) is 3. The molecule has 0 heterocycles. The molecule has 0 atom stereocenters. The molecule has 33 heavy (non-hydrogen) atoms. The molecule has 9 heteroatoms. The topological polar surface area (TPSA) is 100 Å². The van der Waals surface area contributed by atoms with E-state index in [1.54, 1.807) is 42.5 Å². The Morgan fingerprint density at radius 1 is 1.06 bits per heavy atom. The number of benzene rings is 3. The normalized spacial score (nSPS) is 11.3. The Labute approximate surface area is 194 Å². The summed E-state index contributed by atoms with van der Waals surface area (Å²) in [7, 11) is 1.40. The number of phenolic OH excluding ortho intramolecular Hbond substituents is 1. The highest BCUT2D eigenvalue weighted by molar-refractivity contribution is 6.32. The van der Waals surface area contributed by atoms with Crippen molar-refractivity contribution in [2.75, 3.05) is 12.4 Å². The van der Waals surface area contributed by atoms with Gasteiger partial charge in [-0.3, -0.25) is 9.59 Å². The van der Waals surface area contributed by atoms with Gasteiger partial charge in [-0.25, -0.2) is 9.82 Å². The second kappa shape index (κ2) is 10.9. The third kappa shape index (κ3) is 6.41. The molecule has 3 rings (SSSR count). The van der Waals surface area contributed by atoms with Crippen LogP contribution in [0.5, 0.6) is 11.5 Å². The average Bonchev–Trinajstić information content (AvgIpc) is 2.82. The lowest BCUT2D eigenvalue weighted by atomic mass is 10.2. The van der Waals surface area contributed by atoms with Gasteiger partial charge in [0.2, 0.25) is 0 Å². The van der Waals surface area contributed by atoms with Gasteiger partial charge in [-0.2, -0.15) is 5.10 Å². The summed E-state index contributed by atoms with van der Waals surface area (Å²) in [6.45, 7) is 0. The molecule has 0 bridgehead atoms. The summed E-state index contributed by atoms with van der Waals surface area (Å²) in [5, 5.41) is 15.8. The van der Waals surface area contributed by atoms with Crippen LogP contribution in [0.1, 0.15) is 21.5 Å². The van der Waals surface area contributed by atoms with E-state index < -0.39 is 17.6 Å². The number of rotatable bonds is 7. The average molecular weight is 468 g/mol. The maximum absolute atomic E-state index is 14.2. The first-order valence-corrected chi connectivity index (χ1v) is 9.98. The monoisotopic (exact) mass is 467 g/mol. The lowest BCUT2D eigenvalue weighted by Crippen LogP contribution is -2.17. The van der Waals surface area contributed by atoms with Gasteiger partial charge in [0, 0.05) is 5.56 Å². The predicted octanol–water partition coefficient (Wildman–Crippen LogP) is 4.77. The van der Waals surface area contributed by atoms with Crippen molar-refractivity contribution in [1.82, 2.24) is 5.43 Å². The van der Waals surface area contributed by atoms with Gasteiger partial charge in [-0.15, -0.1) is 0 Å². The Morgan fingerprint density at radius 2 is 1.82 bits per heavy atom. The van der Waals surface area contributed by atoms with Crippen molar-refractivity contribution < 1.29 is 23.8 Å². The fourth-order valence-electron chi connectivity index (χ4n) is 2.71. The number of hydrogen-bond acceptors (Lipinski definition) is 5. The first kappa shape index (κ1) is 23.5. The molecule has 2 amide bonds. The summed E-state index contributed by atoms with van der Waals surface area (Å²) in [6, 6.07) is 17.3. The predicted molar refractivity (Wildman–Crippen MR) is 125 cm³/mol. The fourth-order valence-corrected chi connectivity index (χ4v) is 2.89. The highest BCUT2D eigenvalue weighted by Crippen LogP contribution is 2.26. The van der Waals surface area contributed by atoms with Gasteiger partial charge < -0.3 is 15.2 Å². The van der Waals surface area contributed by atoms with Crippen LogP contribution in [0.3, 0.4) is 0 Å². The Morgan fingerprint density at radius 3 is 2.52 bits per heavy atom. The number of hydrazone groups is 1. The molecule has 0 aromatic heterocycles. The van der Waals surface area contributed by atoms with Crippen molar-refractivity contribution in [3.63, 3.8) is 0 Å². The number of carbonyl (C=O) groups excluding carboxylic acids is 2. The maximum atomic E-state index is 14.2. The van der Waals surface area contributed by atoms with Gasteiger partial charge in [0.15, 0.2) is 5.83 Å². The van der Waals surface area contributed by atoms with Crippen LogP contribution in [-0.4, -0.2) is 30.2 Å². The van der Waals surface area contributed by atoms with Crippen LogP contribution in [0.2, 0.25) is 5.02 Å². The quantitative estimate of drug-likeness (QED) is 0.265. The highest BCUT2D eigenvalue weighted by Gasteiger charge is 2.13. The summed E-state index contributed by atoms with van der Waals surface area (Å²) in [4.78, 5) is 24.3.